The molecule has 2 saturated heterocycles. The third-order valence-electron chi connectivity index (χ3n) is 6.62. The monoisotopic (exact) mass is 494 g/mol. The van der Waals surface area contributed by atoms with Crippen molar-refractivity contribution in [1.82, 2.24) is 9.88 Å². The molecular weight excluding hydrogens is 466 g/mol. The smallest absolute Gasteiger partial charge is 0.279 e. The van der Waals surface area contributed by atoms with Crippen molar-refractivity contribution in [3.05, 3.63) is 83.0 Å². The number of para-hydroxylation sites is 1. The molecule has 2 aliphatic rings. The van der Waals surface area contributed by atoms with E-state index >= 15 is 0 Å². The number of likely N-dealkylation sites (tertiary alicyclic amines) is 1. The van der Waals surface area contributed by atoms with Gasteiger partial charge in [0.1, 0.15) is 11.6 Å². The molecule has 0 bridgehead atoms. The van der Waals surface area contributed by atoms with Gasteiger partial charge in [0, 0.05) is 30.2 Å². The molecule has 3 heterocycles. The Morgan fingerprint density at radius 3 is 2.30 bits per heavy atom. The number of hydrogen-bond acceptors (Lipinski definition) is 4. The lowest BCUT2D eigenvalue weighted by atomic mass is 10.1. The minimum Gasteiger partial charge on any atom is -0.495 e. The lowest BCUT2D eigenvalue weighted by Gasteiger charge is -2.31. The van der Waals surface area contributed by atoms with Gasteiger partial charge in [0.05, 0.1) is 50.1 Å². The number of hydrogen-bond donors (Lipinski definition) is 2. The molecule has 2 N–H and O–H groups in total. The van der Waals surface area contributed by atoms with E-state index in [-0.39, 0.29) is 17.2 Å². The summed E-state index contributed by atoms with van der Waals surface area (Å²) < 4.78 is 7.84. The van der Waals surface area contributed by atoms with Crippen LogP contribution in [0.4, 0.5) is 11.5 Å². The van der Waals surface area contributed by atoms with Gasteiger partial charge in [0.25, 0.3) is 17.6 Å². The van der Waals surface area contributed by atoms with Gasteiger partial charge in [-0.3, -0.25) is 19.1 Å². The molecule has 8 nitrogen and oxygen atoms in total. The zero-order chi connectivity index (χ0) is 25.8. The van der Waals surface area contributed by atoms with Gasteiger partial charge in [-0.15, -0.1) is 6.42 Å². The molecule has 2 aliphatic heterocycles. The number of anilines is 2. The summed E-state index contributed by atoms with van der Waals surface area (Å²) in [5.41, 5.74) is 2.73. The molecule has 3 aromatic rings. The summed E-state index contributed by atoms with van der Waals surface area (Å²) in [6, 6.07) is 15.9. The summed E-state index contributed by atoms with van der Waals surface area (Å²) >= 11 is 0. The number of nitrogens with one attached hydrogen (secondary N) is 2. The van der Waals surface area contributed by atoms with Crippen molar-refractivity contribution < 1.29 is 18.9 Å². The van der Waals surface area contributed by atoms with Gasteiger partial charge in [0.2, 0.25) is 0 Å². The van der Waals surface area contributed by atoms with Crippen LogP contribution in [-0.2, 0) is 0 Å². The fourth-order valence-electron chi connectivity index (χ4n) is 4.33. The lowest BCUT2D eigenvalue weighted by Crippen LogP contribution is -2.49. The molecule has 0 unspecified atom stereocenters. The molecular formula is C29H28N5O3+. The first-order chi connectivity index (χ1) is 18.1. The van der Waals surface area contributed by atoms with E-state index in [0.29, 0.717) is 22.7 Å². The van der Waals surface area contributed by atoms with Crippen LogP contribution < -0.4 is 15.4 Å². The van der Waals surface area contributed by atoms with Crippen LogP contribution in [-0.4, -0.2) is 65.4 Å². The first-order valence-corrected chi connectivity index (χ1v) is 12.3. The third-order valence-corrected chi connectivity index (χ3v) is 6.62. The maximum Gasteiger partial charge on any atom is 0.279 e. The number of aromatic nitrogens is 1. The van der Waals surface area contributed by atoms with Crippen molar-refractivity contribution in [2.45, 2.75) is 12.8 Å². The molecule has 0 saturated carbocycles. The molecule has 0 atom stereocenters. The van der Waals surface area contributed by atoms with Gasteiger partial charge < -0.3 is 15.4 Å². The van der Waals surface area contributed by atoms with E-state index in [9.17, 15) is 9.59 Å². The van der Waals surface area contributed by atoms with Gasteiger partial charge in [-0.1, -0.05) is 12.0 Å². The van der Waals surface area contributed by atoms with E-state index in [1.807, 2.05) is 24.3 Å². The number of pyridine rings is 1. The largest absolute Gasteiger partial charge is 0.495 e. The Morgan fingerprint density at radius 1 is 0.973 bits per heavy atom. The molecule has 0 radical (unpaired) electrons. The summed E-state index contributed by atoms with van der Waals surface area (Å²) in [5.74, 6) is 3.68. The van der Waals surface area contributed by atoms with E-state index < -0.39 is 5.91 Å². The van der Waals surface area contributed by atoms with Gasteiger partial charge >= 0.3 is 0 Å². The first kappa shape index (κ1) is 24.1. The van der Waals surface area contributed by atoms with Gasteiger partial charge in [-0.05, 0) is 48.5 Å². The topological polar surface area (TPSA) is 86.6 Å². The zero-order valence-corrected chi connectivity index (χ0v) is 20.7. The van der Waals surface area contributed by atoms with Crippen molar-refractivity contribution in [1.29, 1.82) is 0 Å². The quantitative estimate of drug-likeness (QED) is 0.312. The molecule has 2 aromatic carbocycles. The van der Waals surface area contributed by atoms with Crippen LogP contribution in [0.2, 0.25) is 0 Å². The molecule has 186 valence electrons. The Kier molecular flexibility index (Phi) is 6.86. The number of carbonyl (C=O) groups excluding carboxylic acids is 2. The van der Waals surface area contributed by atoms with Crippen molar-refractivity contribution in [2.75, 3.05) is 43.9 Å². The highest BCUT2D eigenvalue weighted by Crippen LogP contribution is 2.30. The molecule has 5 rings (SSSR count). The number of amidine groups is 1. The summed E-state index contributed by atoms with van der Waals surface area (Å²) in [5, 5.41) is 5.61. The predicted molar refractivity (Wildman–Crippen MR) is 142 cm³/mol. The Hall–Kier alpha value is -4.64. The van der Waals surface area contributed by atoms with Crippen molar-refractivity contribution in [3.63, 3.8) is 0 Å². The molecule has 0 aliphatic carbocycles. The van der Waals surface area contributed by atoms with Crippen LogP contribution in [0.3, 0.4) is 0 Å². The van der Waals surface area contributed by atoms with E-state index in [1.54, 1.807) is 30.3 Å². The Balaban J connectivity index is 1.36. The van der Waals surface area contributed by atoms with Crippen LogP contribution in [0.15, 0.2) is 60.8 Å². The normalized spacial score (nSPS) is 14.1. The second-order valence-electron chi connectivity index (χ2n) is 8.95. The summed E-state index contributed by atoms with van der Waals surface area (Å²) in [6.07, 6.45) is 9.28. The summed E-state index contributed by atoms with van der Waals surface area (Å²) in [7, 11) is 1.49. The van der Waals surface area contributed by atoms with Gasteiger partial charge in [-0.25, -0.2) is 4.98 Å². The molecule has 37 heavy (non-hydrogen) atoms. The molecule has 0 spiro atoms. The molecule has 2 fully saturated rings. The van der Waals surface area contributed by atoms with Crippen molar-refractivity contribution in [3.8, 4) is 18.1 Å². The second-order valence-corrected chi connectivity index (χ2v) is 8.95. The number of benzene rings is 2. The van der Waals surface area contributed by atoms with Crippen LogP contribution >= 0.6 is 0 Å². The number of rotatable bonds is 6. The zero-order valence-electron chi connectivity index (χ0n) is 20.7. The number of nitrogens with zero attached hydrogens (tertiary/aromatic N) is 3. The molecule has 2 amide bonds. The summed E-state index contributed by atoms with van der Waals surface area (Å²) in [4.78, 5) is 32.8. The van der Waals surface area contributed by atoms with Crippen molar-refractivity contribution in [2.24, 2.45) is 0 Å². The Morgan fingerprint density at radius 2 is 1.73 bits per heavy atom. The minimum absolute atomic E-state index is 0.248. The fraction of sp³-hybridized carbons (Fsp3) is 0.241. The maximum absolute atomic E-state index is 13.2. The number of methoxy groups -OCH3 is 1. The van der Waals surface area contributed by atoms with Crippen LogP contribution in [0.1, 0.15) is 44.7 Å². The van der Waals surface area contributed by atoms with E-state index in [1.165, 1.54) is 32.0 Å². The van der Waals surface area contributed by atoms with Crippen LogP contribution in [0, 0.1) is 12.3 Å². The standard InChI is InChI=1S/C29H27N5O3/c1-3-20-9-14-25(30-19-20)31-28(36)23-7-4-8-24(37-2)26(23)32-27(35)21-10-12-22(13-11-21)29(33-15-5-16-33)34-17-6-18-34/h1,4,7-14,19H,5-6,15-18H2,2H3,(H-,30,31,32,35,36)/p+1. The highest BCUT2D eigenvalue weighted by Gasteiger charge is 2.32. The average molecular weight is 495 g/mol. The lowest BCUT2D eigenvalue weighted by molar-refractivity contribution is -0.587. The molecule has 1 aromatic heterocycles. The SMILES string of the molecule is C#Cc1ccc(NC(=O)c2cccc(OC)c2NC(=O)c2ccc(C(N3CCC3)=[N+]3CCC3)cc2)nc1. The van der Waals surface area contributed by atoms with Crippen molar-refractivity contribution >= 4 is 29.2 Å². The average Bonchev–Trinajstić information content (AvgIpc) is 2.86. The van der Waals surface area contributed by atoms with Crippen LogP contribution in [0.25, 0.3) is 0 Å². The van der Waals surface area contributed by atoms with Gasteiger partial charge in [0.15, 0.2) is 0 Å². The highest BCUT2D eigenvalue weighted by atomic mass is 16.5. The number of amides is 2. The van der Waals surface area contributed by atoms with E-state index in [0.717, 1.165) is 31.7 Å². The summed E-state index contributed by atoms with van der Waals surface area (Å²) in [6.45, 7) is 4.26. The first-order valence-electron chi connectivity index (χ1n) is 12.3. The number of terminal acetylenes is 1. The van der Waals surface area contributed by atoms with Gasteiger partial charge in [-0.2, -0.15) is 0 Å². The van der Waals surface area contributed by atoms with E-state index in [4.69, 9.17) is 11.2 Å². The predicted octanol–water partition coefficient (Wildman–Crippen LogP) is 3.44. The highest BCUT2D eigenvalue weighted by molar-refractivity contribution is 6.13. The minimum atomic E-state index is -0.436. The number of ether oxygens (including phenoxy) is 1. The maximum atomic E-state index is 13.2. The van der Waals surface area contributed by atoms with Crippen LogP contribution in [0.5, 0.6) is 5.75 Å². The second kappa shape index (κ2) is 10.5. The molecule has 8 heteroatoms. The Bertz CT molecular complexity index is 1390. The van der Waals surface area contributed by atoms with E-state index in [2.05, 4.69) is 31.0 Å². The third kappa shape index (κ3) is 5.02. The Labute approximate surface area is 216 Å². The fourth-order valence-corrected chi connectivity index (χ4v) is 4.33. The number of carbonyl (C=O) groups is 2.